The van der Waals surface area contributed by atoms with Gasteiger partial charge in [0.2, 0.25) is 24.1 Å². The van der Waals surface area contributed by atoms with Crippen molar-refractivity contribution in [2.75, 3.05) is 118 Å². The number of aromatic hydroxyl groups is 3. The highest BCUT2D eigenvalue weighted by Gasteiger charge is 2.68. The molecule has 2 unspecified atom stereocenters. The maximum absolute atomic E-state index is 14.3. The van der Waals surface area contributed by atoms with Crippen LogP contribution >= 0.6 is 0 Å². The van der Waals surface area contributed by atoms with Crippen molar-refractivity contribution in [3.05, 3.63) is 119 Å². The minimum Gasteiger partial charge on any atom is -0.508 e. The van der Waals surface area contributed by atoms with Crippen molar-refractivity contribution >= 4 is 111 Å². The lowest BCUT2D eigenvalue weighted by molar-refractivity contribution is -0.162. The molecule has 0 bridgehead atoms. The number of ketones is 6. The maximum atomic E-state index is 14.3. The zero-order valence-corrected chi connectivity index (χ0v) is 82.9. The first-order valence-electron chi connectivity index (χ1n) is 45.6. The van der Waals surface area contributed by atoms with Gasteiger partial charge in [0.25, 0.3) is 17.7 Å². The number of aryl methyl sites for hydroxylation is 1. The van der Waals surface area contributed by atoms with Crippen molar-refractivity contribution in [3.63, 3.8) is 0 Å². The minimum atomic E-state index is -2.77. The summed E-state index contributed by atoms with van der Waals surface area (Å²) >= 11 is 0. The molecule has 9 aliphatic carbocycles. The van der Waals surface area contributed by atoms with Crippen LogP contribution in [0.15, 0.2) is 68.9 Å². The molecule has 0 radical (unpaired) electrons. The summed E-state index contributed by atoms with van der Waals surface area (Å²) in [6.07, 6.45) is 1.23. The number of ether oxygens (including phenoxy) is 4. The van der Waals surface area contributed by atoms with Crippen molar-refractivity contribution < 1.29 is 143 Å². The Bertz CT molecular complexity index is 5780. The minimum absolute atomic E-state index is 0.0420. The fourth-order valence-corrected chi connectivity index (χ4v) is 20.9. The van der Waals surface area contributed by atoms with Crippen LogP contribution < -0.4 is 31.9 Å². The van der Waals surface area contributed by atoms with Gasteiger partial charge < -0.3 is 122 Å². The van der Waals surface area contributed by atoms with Crippen LogP contribution in [0.3, 0.4) is 0 Å². The van der Waals surface area contributed by atoms with E-state index in [1.54, 1.807) is 70.9 Å². The quantitative estimate of drug-likeness (QED) is 0.0155. The van der Waals surface area contributed by atoms with Crippen LogP contribution in [0.25, 0.3) is 17.3 Å². The number of aliphatic hydroxyl groups excluding tert-OH is 6. The third kappa shape index (κ3) is 19.8. The fourth-order valence-electron chi connectivity index (χ4n) is 20.9. The molecule has 18 N–H and O–H groups in total. The van der Waals surface area contributed by atoms with E-state index in [1.165, 1.54) is 61.6 Å². The topological polar surface area (TPSA) is 602 Å². The summed E-state index contributed by atoms with van der Waals surface area (Å²) in [5.74, 6) is -23.1. The first-order valence-corrected chi connectivity index (χ1v) is 45.6. The molecule has 39 heteroatoms. The number of primary amides is 3. The summed E-state index contributed by atoms with van der Waals surface area (Å²) in [6.45, 7) is 24.5. The van der Waals surface area contributed by atoms with E-state index in [-0.39, 0.29) is 134 Å². The molecule has 3 fully saturated rings. The Morgan fingerprint density at radius 3 is 1.05 bits per heavy atom. The molecule has 3 aromatic rings. The van der Waals surface area contributed by atoms with Crippen molar-refractivity contribution in [1.82, 2.24) is 19.6 Å². The van der Waals surface area contributed by atoms with Crippen LogP contribution in [0.5, 0.6) is 17.2 Å². The summed E-state index contributed by atoms with van der Waals surface area (Å²) in [6, 6.07) is 2.86. The summed E-state index contributed by atoms with van der Waals surface area (Å²) in [5, 5.41) is 138. The molecule has 5 amide bonds. The van der Waals surface area contributed by atoms with Crippen LogP contribution in [0, 0.1) is 63.1 Å². The standard InChI is InChI=1S/C36H50N4O11.C34H46N4O11.C29H38N2O7/c1-34(2,3)15-40(33(48)51-16-50-32(47)35(4,5)6)14-18-13-21(38(7)8)19-11-17-12-20-25(39(9)10)28(43)24(31(37)46)30(45)36(20,49)29(44)22(17)27(42)23(19)26(18)41;1-16(39)48-9-10-49-32(46)38(15-33(2,3)4)14-18-13-21(36(5)6)19-11-17-12-20-25(37(7)8)28(42)24(31(35)45)30(44)34(20,47)29(43)22(17)27(41)23(19)26(18)40;1-13-17-11-15-10-16-18(31(5)6)12-14(8-7-9-28(2,3)4)23(33)20(16)24(34)19(15)25(35)29(17,38)26(36)21(22(13)32)27(30)37/h13,17,20,25,41-42,45,49H,11-12,14-16H2,1-10H3,(H2,37,46);13,17,20,25,40-41,44,47H,9-12,14-15H2,1-8H3,(H2,35,45);12-13,15,17,33-34,36,38H,7-11H2,1-6H3,(H2,30,37)/t17-,20-,25-,36-;17-,20-,25-,34-;13-,15?,17?,29-/m000/s1. The van der Waals surface area contributed by atoms with Crippen molar-refractivity contribution in [2.24, 2.45) is 80.3 Å². The number of phenols is 3. The van der Waals surface area contributed by atoms with Gasteiger partial charge in [0, 0.05) is 131 Å². The summed E-state index contributed by atoms with van der Waals surface area (Å²) < 4.78 is 20.6. The molecule has 0 heterocycles. The second-order valence-corrected chi connectivity index (χ2v) is 43.1. The smallest absolute Gasteiger partial charge is 0.412 e. The molecule has 3 saturated carbocycles. The second-order valence-electron chi connectivity index (χ2n) is 43.1. The Hall–Kier alpha value is -12.6. The predicted octanol–water partition coefficient (Wildman–Crippen LogP) is 7.24. The van der Waals surface area contributed by atoms with E-state index in [0.717, 1.165) is 18.5 Å². The number of nitrogens with two attached hydrogens (primary N) is 3. The molecule has 0 saturated heterocycles. The van der Waals surface area contributed by atoms with E-state index in [9.17, 15) is 124 Å². The van der Waals surface area contributed by atoms with Crippen LogP contribution in [0.4, 0.5) is 26.7 Å². The van der Waals surface area contributed by atoms with Crippen molar-refractivity contribution in [3.8, 4) is 17.2 Å². The van der Waals surface area contributed by atoms with Gasteiger partial charge in [-0.2, -0.15) is 0 Å². The number of carbonyl (C=O) groups is 13. The first-order chi connectivity index (χ1) is 63.5. The number of benzene rings is 3. The lowest BCUT2D eigenvalue weighted by Crippen LogP contribution is -2.65. The van der Waals surface area contributed by atoms with Crippen LogP contribution in [-0.2, 0) is 110 Å². The predicted molar refractivity (Wildman–Crippen MR) is 504 cm³/mol. The van der Waals surface area contributed by atoms with Gasteiger partial charge in [-0.3, -0.25) is 62.5 Å². The van der Waals surface area contributed by atoms with E-state index in [0.29, 0.717) is 40.0 Å². The molecular weight excluding hydrogens is 1790 g/mol. The molecule has 39 nitrogen and oxygen atoms in total. The highest BCUT2D eigenvalue weighted by atomic mass is 16.7. The number of nitrogens with zero attached hydrogens (tertiary/aromatic N) is 7. The molecule has 138 heavy (non-hydrogen) atoms. The molecule has 9 aliphatic rings. The zero-order chi connectivity index (χ0) is 104. The number of hydrogen-bond donors (Lipinski definition) is 15. The molecule has 0 aliphatic heterocycles. The first kappa shape index (κ1) is 107. The average Bonchev–Trinajstić information content (AvgIpc) is 0.700. The molecular formula is C99H134N10O29. The third-order valence-electron chi connectivity index (χ3n) is 27.1. The summed E-state index contributed by atoms with van der Waals surface area (Å²) in [4.78, 5) is 179. The highest BCUT2D eigenvalue weighted by Crippen LogP contribution is 2.60. The lowest BCUT2D eigenvalue weighted by Gasteiger charge is -2.50. The number of fused-ring (bicyclic) bond motifs is 9. The van der Waals surface area contributed by atoms with E-state index in [2.05, 4.69) is 20.8 Å². The Morgan fingerprint density at radius 2 is 0.739 bits per heavy atom. The second kappa shape index (κ2) is 39.0. The Kier molecular flexibility index (Phi) is 30.4. The lowest BCUT2D eigenvalue weighted by atomic mass is 9.56. The number of amides is 5. The Balaban J connectivity index is 0.000000216. The van der Waals surface area contributed by atoms with E-state index in [1.807, 2.05) is 66.6 Å². The number of Topliss-reactive ketones (excluding diaryl/α,β-unsaturated/α-hetero) is 6. The van der Waals surface area contributed by atoms with Gasteiger partial charge in [-0.1, -0.05) is 69.2 Å². The Morgan fingerprint density at radius 1 is 0.428 bits per heavy atom. The molecule has 754 valence electrons. The maximum Gasteiger partial charge on any atom is 0.412 e. The molecule has 12 rings (SSSR count). The third-order valence-corrected chi connectivity index (χ3v) is 27.1. The number of aliphatic hydroxyl groups is 9. The average molecular weight is 1930 g/mol. The van der Waals surface area contributed by atoms with Gasteiger partial charge in [0.1, 0.15) is 81.7 Å². The van der Waals surface area contributed by atoms with Crippen LogP contribution in [0.2, 0.25) is 0 Å². The number of carbonyl (C=O) groups excluding carboxylic acids is 13. The molecule has 0 spiro atoms. The summed E-state index contributed by atoms with van der Waals surface area (Å²) in [5.41, 5.74) is 7.75. The van der Waals surface area contributed by atoms with Gasteiger partial charge in [-0.25, -0.2) is 9.59 Å². The van der Waals surface area contributed by atoms with E-state index >= 15 is 0 Å². The largest absolute Gasteiger partial charge is 0.508 e. The van der Waals surface area contributed by atoms with Crippen molar-refractivity contribution in [1.29, 1.82) is 0 Å². The highest BCUT2D eigenvalue weighted by molar-refractivity contribution is 6.27. The van der Waals surface area contributed by atoms with Gasteiger partial charge in [0.15, 0.2) is 34.2 Å². The zero-order valence-electron chi connectivity index (χ0n) is 82.9. The monoisotopic (exact) mass is 1930 g/mol. The van der Waals surface area contributed by atoms with Crippen LogP contribution in [-0.4, -0.2) is 290 Å². The molecule has 0 aromatic heterocycles. The van der Waals surface area contributed by atoms with Gasteiger partial charge in [-0.05, 0) is 181 Å². The number of anilines is 3. The number of likely N-dealkylation sites (N-methyl/N-ethyl adjacent to an activating group) is 2. The number of phenolic OH excluding ortho intramolecular Hbond substituents is 3. The summed E-state index contributed by atoms with van der Waals surface area (Å²) in [7, 11) is 16.9. The van der Waals surface area contributed by atoms with Gasteiger partial charge in [0.05, 0.1) is 47.3 Å². The fraction of sp³-hybridized carbons (Fsp3) is 0.566. The number of rotatable bonds is 22. The van der Waals surface area contributed by atoms with E-state index < -0.39 is 233 Å². The Labute approximate surface area is 800 Å². The normalized spacial score (nSPS) is 24.5. The van der Waals surface area contributed by atoms with E-state index in [4.69, 9.17) is 36.1 Å². The van der Waals surface area contributed by atoms with Crippen LogP contribution in [0.1, 0.15) is 179 Å². The van der Waals surface area contributed by atoms with Gasteiger partial charge in [-0.15, -0.1) is 0 Å². The number of esters is 2. The number of hydrogen-bond acceptors (Lipinski definition) is 34. The van der Waals surface area contributed by atoms with Gasteiger partial charge >= 0.3 is 24.1 Å². The molecule has 3 aromatic carbocycles. The van der Waals surface area contributed by atoms with Crippen molar-refractivity contribution in [2.45, 2.75) is 197 Å². The molecule has 12 atom stereocenters. The SMILES string of the molecule is CC(=O)OCCOC(=O)N(Cc1cc(N(C)C)c2c(c1O)C(O)=C1C(=O)[C@]3(O)C(O)=C(C(N)=O)C(=O)[C@@H](N(C)C)[C@@H]3C[C@@H]1C2)CC(C)(C)C.CN(C)c1cc(CN(CC(C)(C)C)C(=O)OCOC(=O)C(C)(C)C)c(O)c2c1C[C@H]1C[C@H]3[C@H](N(C)C)C(=O)C(C(N)=O)=C(O)[C@@]3(O)C(=O)C1=C2O.C[C@@H]1C(=O)C(C(N)=O)=C(O)[C@@]2(O)C(=O)C3=C(O)c4c(O)c(CCCC(C)(C)C)cc(N(C)C)c4CC3CC12.